The molecule has 1 fully saturated rings. The Balaban J connectivity index is 1.66. The number of carbonyl (C=O) groups excluding carboxylic acids is 1. The maximum atomic E-state index is 13.1. The number of methoxy groups -OCH3 is 2. The molecule has 154 valence electrons. The van der Waals surface area contributed by atoms with Gasteiger partial charge in [-0.25, -0.2) is 0 Å². The number of ether oxygens (including phenoxy) is 2. The van der Waals surface area contributed by atoms with Gasteiger partial charge in [0, 0.05) is 22.5 Å². The summed E-state index contributed by atoms with van der Waals surface area (Å²) in [5.41, 5.74) is 2.54. The molecule has 1 saturated heterocycles. The van der Waals surface area contributed by atoms with Gasteiger partial charge in [0.2, 0.25) is 5.91 Å². The Labute approximate surface area is 188 Å². The third-order valence-corrected chi connectivity index (χ3v) is 6.98. The van der Waals surface area contributed by atoms with Crippen LogP contribution in [0.3, 0.4) is 0 Å². The molecule has 0 aliphatic carbocycles. The zero-order valence-corrected chi connectivity index (χ0v) is 19.0. The minimum Gasteiger partial charge on any atom is -0.493 e. The molecule has 2 heterocycles. The average Bonchev–Trinajstić information content (AvgIpc) is 2.78. The molecule has 1 atom stereocenters. The number of amides is 1. The first kappa shape index (κ1) is 20.6. The lowest BCUT2D eigenvalue weighted by Crippen LogP contribution is -2.47. The van der Waals surface area contributed by atoms with Gasteiger partial charge in [0.15, 0.2) is 11.5 Å². The van der Waals surface area contributed by atoms with E-state index in [9.17, 15) is 10.1 Å². The predicted molar refractivity (Wildman–Crippen MR) is 120 cm³/mol. The van der Waals surface area contributed by atoms with E-state index < -0.39 is 0 Å². The Morgan fingerprint density at radius 2 is 1.87 bits per heavy atom. The van der Waals surface area contributed by atoms with Gasteiger partial charge in [-0.05, 0) is 42.0 Å². The predicted octanol–water partition coefficient (Wildman–Crippen LogP) is 4.69. The monoisotopic (exact) mass is 485 g/mol. The number of nitrogens with zero attached hydrogens (tertiary/aromatic N) is 3. The summed E-state index contributed by atoms with van der Waals surface area (Å²) in [4.78, 5) is 16.9. The fourth-order valence-corrected chi connectivity index (χ4v) is 5.16. The van der Waals surface area contributed by atoms with E-state index in [2.05, 4.69) is 26.9 Å². The van der Waals surface area contributed by atoms with E-state index in [1.807, 2.05) is 42.5 Å². The molecule has 0 aromatic heterocycles. The van der Waals surface area contributed by atoms with Crippen LogP contribution in [0.4, 0.5) is 5.69 Å². The number of anilines is 1. The lowest BCUT2D eigenvalue weighted by atomic mass is 9.86. The second-order valence-corrected chi connectivity index (χ2v) is 8.80. The standard InChI is InChI=1S/C22H20BrN3O3S/c1-28-19-8-3-14(9-20(19)29-2)17-10-21(27)26-12-25(13-30-22(26)18(17)11-24)16-6-4-15(23)5-7-16/h3-9,17H,10,12-13H2,1-2H3/t17-/m1/s1. The van der Waals surface area contributed by atoms with Crippen LogP contribution in [0.5, 0.6) is 11.5 Å². The summed E-state index contributed by atoms with van der Waals surface area (Å²) in [6, 6.07) is 15.9. The Morgan fingerprint density at radius 1 is 1.13 bits per heavy atom. The topological polar surface area (TPSA) is 65.8 Å². The first-order valence-electron chi connectivity index (χ1n) is 9.35. The average molecular weight is 486 g/mol. The van der Waals surface area contributed by atoms with Gasteiger partial charge in [0.05, 0.1) is 43.4 Å². The number of benzene rings is 2. The van der Waals surface area contributed by atoms with E-state index >= 15 is 0 Å². The summed E-state index contributed by atoms with van der Waals surface area (Å²) in [6.45, 7) is 0.437. The molecule has 0 N–H and O–H groups in total. The van der Waals surface area contributed by atoms with E-state index in [0.717, 1.165) is 20.8 Å². The van der Waals surface area contributed by atoms with Crippen LogP contribution in [0.1, 0.15) is 17.9 Å². The number of nitriles is 1. The van der Waals surface area contributed by atoms with Crippen LogP contribution in [0.2, 0.25) is 0 Å². The highest BCUT2D eigenvalue weighted by Gasteiger charge is 2.38. The van der Waals surface area contributed by atoms with E-state index in [4.69, 9.17) is 9.47 Å². The molecule has 0 bridgehead atoms. The fraction of sp³-hybridized carbons (Fsp3) is 0.273. The molecular formula is C22H20BrN3O3S. The zero-order valence-electron chi connectivity index (χ0n) is 16.6. The largest absolute Gasteiger partial charge is 0.493 e. The van der Waals surface area contributed by atoms with Crippen LogP contribution in [-0.4, -0.2) is 37.6 Å². The number of hydrogen-bond donors (Lipinski definition) is 0. The molecule has 2 aliphatic rings. The molecule has 2 aromatic rings. The second-order valence-electron chi connectivity index (χ2n) is 6.95. The lowest BCUT2D eigenvalue weighted by Gasteiger charge is -2.42. The van der Waals surface area contributed by atoms with Crippen LogP contribution in [-0.2, 0) is 4.79 Å². The Hall–Kier alpha value is -2.63. The first-order valence-corrected chi connectivity index (χ1v) is 11.1. The van der Waals surface area contributed by atoms with Crippen LogP contribution >= 0.6 is 27.7 Å². The van der Waals surface area contributed by atoms with Gasteiger partial charge in [-0.2, -0.15) is 5.26 Å². The molecular weight excluding hydrogens is 466 g/mol. The fourth-order valence-electron chi connectivity index (χ4n) is 3.73. The van der Waals surface area contributed by atoms with E-state index in [1.54, 1.807) is 19.1 Å². The zero-order chi connectivity index (χ0) is 21.3. The third kappa shape index (κ3) is 3.75. The minimum atomic E-state index is -0.291. The van der Waals surface area contributed by atoms with Crippen molar-refractivity contribution in [3.8, 4) is 17.6 Å². The molecule has 0 radical (unpaired) electrons. The SMILES string of the molecule is COc1ccc([C@H]2CC(=O)N3CN(c4ccc(Br)cc4)CSC3=C2C#N)cc1OC. The number of thioether (sulfide) groups is 1. The van der Waals surface area contributed by atoms with Gasteiger partial charge in [-0.3, -0.25) is 9.69 Å². The normalized spacial score (nSPS) is 18.7. The highest BCUT2D eigenvalue weighted by atomic mass is 79.9. The summed E-state index contributed by atoms with van der Waals surface area (Å²) >= 11 is 4.98. The van der Waals surface area contributed by atoms with Crippen molar-refractivity contribution < 1.29 is 14.3 Å². The van der Waals surface area contributed by atoms with Crippen molar-refractivity contribution in [2.45, 2.75) is 12.3 Å². The maximum absolute atomic E-state index is 13.1. The van der Waals surface area contributed by atoms with Gasteiger partial charge < -0.3 is 14.4 Å². The number of allylic oxidation sites excluding steroid dienone is 1. The molecule has 2 aromatic carbocycles. The van der Waals surface area contributed by atoms with Crippen LogP contribution in [0, 0.1) is 11.3 Å². The van der Waals surface area contributed by atoms with Crippen LogP contribution in [0.25, 0.3) is 0 Å². The van der Waals surface area contributed by atoms with Crippen molar-refractivity contribution in [3.63, 3.8) is 0 Å². The highest BCUT2D eigenvalue weighted by Crippen LogP contribution is 2.44. The van der Waals surface area contributed by atoms with Crippen LogP contribution < -0.4 is 14.4 Å². The van der Waals surface area contributed by atoms with Gasteiger partial charge in [0.25, 0.3) is 0 Å². The van der Waals surface area contributed by atoms with Crippen molar-refractivity contribution in [3.05, 3.63) is 63.1 Å². The summed E-state index contributed by atoms with van der Waals surface area (Å²) < 4.78 is 11.7. The molecule has 1 amide bonds. The summed E-state index contributed by atoms with van der Waals surface area (Å²) in [6.07, 6.45) is 0.247. The smallest absolute Gasteiger partial charge is 0.229 e. The number of hydrogen-bond acceptors (Lipinski definition) is 6. The quantitative estimate of drug-likeness (QED) is 0.625. The van der Waals surface area contributed by atoms with E-state index in [0.29, 0.717) is 29.6 Å². The first-order chi connectivity index (χ1) is 14.5. The summed E-state index contributed by atoms with van der Waals surface area (Å²) in [5.74, 6) is 1.60. The number of fused-ring (bicyclic) bond motifs is 1. The number of halogens is 1. The highest BCUT2D eigenvalue weighted by molar-refractivity contribution is 9.10. The Kier molecular flexibility index (Phi) is 5.93. The second kappa shape index (κ2) is 8.62. The molecule has 0 unspecified atom stereocenters. The lowest BCUT2D eigenvalue weighted by molar-refractivity contribution is -0.129. The van der Waals surface area contributed by atoms with E-state index in [-0.39, 0.29) is 18.2 Å². The molecule has 0 saturated carbocycles. The Bertz CT molecular complexity index is 1050. The van der Waals surface area contributed by atoms with Gasteiger partial charge in [-0.15, -0.1) is 0 Å². The third-order valence-electron chi connectivity index (χ3n) is 5.30. The molecule has 6 nitrogen and oxygen atoms in total. The van der Waals surface area contributed by atoms with Crippen LogP contribution in [0.15, 0.2) is 57.5 Å². The molecule has 0 spiro atoms. The molecule has 4 rings (SSSR count). The number of rotatable bonds is 4. The minimum absolute atomic E-state index is 0.0121. The molecule has 30 heavy (non-hydrogen) atoms. The maximum Gasteiger partial charge on any atom is 0.229 e. The van der Waals surface area contributed by atoms with Crippen molar-refractivity contribution in [2.24, 2.45) is 0 Å². The summed E-state index contributed by atoms with van der Waals surface area (Å²) in [5, 5.41) is 10.7. The molecule has 2 aliphatic heterocycles. The van der Waals surface area contributed by atoms with Crippen molar-refractivity contribution in [1.82, 2.24) is 4.90 Å². The van der Waals surface area contributed by atoms with Gasteiger partial charge >= 0.3 is 0 Å². The number of carbonyl (C=O) groups is 1. The Morgan fingerprint density at radius 3 is 2.53 bits per heavy atom. The van der Waals surface area contributed by atoms with Gasteiger partial charge in [0.1, 0.15) is 0 Å². The van der Waals surface area contributed by atoms with E-state index in [1.165, 1.54) is 11.8 Å². The molecule has 8 heteroatoms. The van der Waals surface area contributed by atoms with Crippen molar-refractivity contribution in [1.29, 1.82) is 5.26 Å². The summed E-state index contributed by atoms with van der Waals surface area (Å²) in [7, 11) is 3.16. The van der Waals surface area contributed by atoms with Crippen molar-refractivity contribution >= 4 is 39.3 Å². The van der Waals surface area contributed by atoms with Crippen molar-refractivity contribution in [2.75, 3.05) is 31.7 Å². The van der Waals surface area contributed by atoms with Gasteiger partial charge in [-0.1, -0.05) is 33.8 Å².